The number of aliphatic hydroxyl groups is 1. The van der Waals surface area contributed by atoms with Crippen molar-refractivity contribution in [3.8, 4) is 11.5 Å². The average Bonchev–Trinajstić information content (AvgIpc) is 3.07. The molecule has 1 saturated carbocycles. The number of aromatic nitrogens is 4. The summed E-state index contributed by atoms with van der Waals surface area (Å²) in [6.45, 7) is 0.254. The van der Waals surface area contributed by atoms with Crippen LogP contribution in [0.25, 0.3) is 11.5 Å². The largest absolute Gasteiger partial charge is 0.396 e. The SMILES string of the molecule is Nc1cccc(-c2nncn2C2CCC(CO)C2)n1. The zero-order valence-corrected chi connectivity index (χ0v) is 10.6. The van der Waals surface area contributed by atoms with E-state index < -0.39 is 0 Å². The number of nitrogen functional groups attached to an aromatic ring is 1. The van der Waals surface area contributed by atoms with Crippen LogP contribution in [0.3, 0.4) is 0 Å². The summed E-state index contributed by atoms with van der Waals surface area (Å²) in [5.74, 6) is 1.61. The van der Waals surface area contributed by atoms with Crippen LogP contribution in [-0.2, 0) is 0 Å². The summed E-state index contributed by atoms with van der Waals surface area (Å²) < 4.78 is 2.05. The van der Waals surface area contributed by atoms with Crippen LogP contribution in [0.15, 0.2) is 24.5 Å². The van der Waals surface area contributed by atoms with Crippen molar-refractivity contribution in [2.45, 2.75) is 25.3 Å². The zero-order chi connectivity index (χ0) is 13.2. The molecule has 3 rings (SSSR count). The highest BCUT2D eigenvalue weighted by Crippen LogP contribution is 2.36. The third-order valence-electron chi connectivity index (χ3n) is 3.74. The number of nitrogens with two attached hydrogens (primary N) is 1. The first-order valence-corrected chi connectivity index (χ1v) is 6.51. The first kappa shape index (κ1) is 12.1. The molecule has 100 valence electrons. The number of rotatable bonds is 3. The molecule has 2 atom stereocenters. The fourth-order valence-electron chi connectivity index (χ4n) is 2.74. The van der Waals surface area contributed by atoms with Gasteiger partial charge < -0.3 is 15.4 Å². The Morgan fingerprint density at radius 2 is 2.26 bits per heavy atom. The van der Waals surface area contributed by atoms with Gasteiger partial charge in [0.1, 0.15) is 17.8 Å². The van der Waals surface area contributed by atoms with Gasteiger partial charge in [0.2, 0.25) is 0 Å². The molecule has 6 nitrogen and oxygen atoms in total. The minimum absolute atomic E-state index is 0.254. The number of pyridine rings is 1. The molecule has 2 heterocycles. The molecule has 3 N–H and O–H groups in total. The molecule has 0 aliphatic heterocycles. The molecule has 0 bridgehead atoms. The van der Waals surface area contributed by atoms with Gasteiger partial charge in [0.05, 0.1) is 0 Å². The van der Waals surface area contributed by atoms with Gasteiger partial charge in [-0.1, -0.05) is 6.07 Å². The van der Waals surface area contributed by atoms with Crippen molar-refractivity contribution >= 4 is 5.82 Å². The Balaban J connectivity index is 1.91. The molecule has 0 aromatic carbocycles. The smallest absolute Gasteiger partial charge is 0.182 e. The van der Waals surface area contributed by atoms with Gasteiger partial charge in [-0.3, -0.25) is 0 Å². The third kappa shape index (κ3) is 2.31. The summed E-state index contributed by atoms with van der Waals surface area (Å²) in [5.41, 5.74) is 6.45. The minimum atomic E-state index is 0.254. The summed E-state index contributed by atoms with van der Waals surface area (Å²) in [4.78, 5) is 4.29. The highest BCUT2D eigenvalue weighted by atomic mass is 16.3. The predicted molar refractivity (Wildman–Crippen MR) is 71.1 cm³/mol. The van der Waals surface area contributed by atoms with E-state index in [4.69, 9.17) is 5.73 Å². The molecule has 0 spiro atoms. The van der Waals surface area contributed by atoms with Crippen LogP contribution in [0, 0.1) is 5.92 Å². The van der Waals surface area contributed by atoms with Gasteiger partial charge in [-0.05, 0) is 37.3 Å². The van der Waals surface area contributed by atoms with E-state index in [1.54, 1.807) is 12.4 Å². The lowest BCUT2D eigenvalue weighted by Crippen LogP contribution is -2.08. The van der Waals surface area contributed by atoms with E-state index in [1.165, 1.54) is 0 Å². The molecule has 2 aromatic rings. The number of aliphatic hydroxyl groups excluding tert-OH is 1. The van der Waals surface area contributed by atoms with E-state index in [0.717, 1.165) is 30.8 Å². The van der Waals surface area contributed by atoms with Crippen molar-refractivity contribution in [1.82, 2.24) is 19.7 Å². The molecule has 0 saturated heterocycles. The molecule has 6 heteroatoms. The van der Waals surface area contributed by atoms with E-state index in [0.29, 0.717) is 17.8 Å². The molecule has 0 amide bonds. The molecule has 19 heavy (non-hydrogen) atoms. The van der Waals surface area contributed by atoms with Crippen LogP contribution in [0.2, 0.25) is 0 Å². The van der Waals surface area contributed by atoms with E-state index in [-0.39, 0.29) is 6.61 Å². The van der Waals surface area contributed by atoms with Crippen LogP contribution in [0.1, 0.15) is 25.3 Å². The van der Waals surface area contributed by atoms with Crippen molar-refractivity contribution in [2.24, 2.45) is 5.92 Å². The lowest BCUT2D eigenvalue weighted by atomic mass is 10.1. The quantitative estimate of drug-likeness (QED) is 0.866. The van der Waals surface area contributed by atoms with Crippen LogP contribution in [-0.4, -0.2) is 31.5 Å². The van der Waals surface area contributed by atoms with Gasteiger partial charge in [0.15, 0.2) is 5.82 Å². The van der Waals surface area contributed by atoms with E-state index in [9.17, 15) is 5.11 Å². The van der Waals surface area contributed by atoms with Crippen molar-refractivity contribution in [3.63, 3.8) is 0 Å². The number of anilines is 1. The molecular weight excluding hydrogens is 242 g/mol. The minimum Gasteiger partial charge on any atom is -0.396 e. The Kier molecular flexibility index (Phi) is 3.16. The van der Waals surface area contributed by atoms with E-state index in [2.05, 4.69) is 19.7 Å². The van der Waals surface area contributed by atoms with Gasteiger partial charge in [-0.15, -0.1) is 10.2 Å². The summed E-state index contributed by atoms with van der Waals surface area (Å²) in [7, 11) is 0. The maximum absolute atomic E-state index is 9.23. The zero-order valence-electron chi connectivity index (χ0n) is 10.6. The van der Waals surface area contributed by atoms with Crippen molar-refractivity contribution < 1.29 is 5.11 Å². The summed E-state index contributed by atoms with van der Waals surface area (Å²) in [6, 6.07) is 5.84. The number of nitrogens with zero attached hydrogens (tertiary/aromatic N) is 4. The van der Waals surface area contributed by atoms with Crippen LogP contribution in [0.4, 0.5) is 5.82 Å². The highest BCUT2D eigenvalue weighted by molar-refractivity contribution is 5.52. The monoisotopic (exact) mass is 259 g/mol. The molecule has 1 aliphatic rings. The highest BCUT2D eigenvalue weighted by Gasteiger charge is 2.27. The Bertz CT molecular complexity index is 568. The molecule has 1 fully saturated rings. The van der Waals surface area contributed by atoms with Gasteiger partial charge in [-0.2, -0.15) is 0 Å². The normalized spacial score (nSPS) is 22.8. The second kappa shape index (κ2) is 4.97. The Morgan fingerprint density at radius 3 is 3.00 bits per heavy atom. The summed E-state index contributed by atoms with van der Waals surface area (Å²) in [6.07, 6.45) is 4.79. The lowest BCUT2D eigenvalue weighted by Gasteiger charge is -2.14. The van der Waals surface area contributed by atoms with Crippen LogP contribution < -0.4 is 5.73 Å². The molecule has 0 radical (unpaired) electrons. The second-order valence-electron chi connectivity index (χ2n) is 5.02. The van der Waals surface area contributed by atoms with Crippen LogP contribution in [0.5, 0.6) is 0 Å². The van der Waals surface area contributed by atoms with Crippen molar-refractivity contribution in [3.05, 3.63) is 24.5 Å². The number of hydrogen-bond donors (Lipinski definition) is 2. The van der Waals surface area contributed by atoms with Crippen molar-refractivity contribution in [2.75, 3.05) is 12.3 Å². The maximum atomic E-state index is 9.23. The fourth-order valence-corrected chi connectivity index (χ4v) is 2.74. The summed E-state index contributed by atoms with van der Waals surface area (Å²) in [5, 5.41) is 17.4. The Morgan fingerprint density at radius 1 is 1.37 bits per heavy atom. The van der Waals surface area contributed by atoms with Crippen molar-refractivity contribution in [1.29, 1.82) is 0 Å². The fraction of sp³-hybridized carbons (Fsp3) is 0.462. The van der Waals surface area contributed by atoms with Gasteiger partial charge in [0.25, 0.3) is 0 Å². The van der Waals surface area contributed by atoms with Gasteiger partial charge in [-0.25, -0.2) is 4.98 Å². The molecule has 2 aromatic heterocycles. The standard InChI is InChI=1S/C13H17N5O/c14-12-3-1-2-11(16-12)13-17-15-8-18(13)10-5-4-9(6-10)7-19/h1-3,8-10,19H,4-7H2,(H2,14,16). The molecular formula is C13H17N5O. The molecule has 2 unspecified atom stereocenters. The maximum Gasteiger partial charge on any atom is 0.182 e. The topological polar surface area (TPSA) is 89.8 Å². The lowest BCUT2D eigenvalue weighted by molar-refractivity contribution is 0.226. The van der Waals surface area contributed by atoms with Gasteiger partial charge >= 0.3 is 0 Å². The average molecular weight is 259 g/mol. The second-order valence-corrected chi connectivity index (χ2v) is 5.02. The predicted octanol–water partition coefficient (Wildman–Crippen LogP) is 1.26. The molecule has 1 aliphatic carbocycles. The first-order chi connectivity index (χ1) is 9.28. The van der Waals surface area contributed by atoms with Gasteiger partial charge in [0, 0.05) is 12.6 Å². The summed E-state index contributed by atoms with van der Waals surface area (Å²) >= 11 is 0. The number of hydrogen-bond acceptors (Lipinski definition) is 5. The first-order valence-electron chi connectivity index (χ1n) is 6.51. The third-order valence-corrected chi connectivity index (χ3v) is 3.74. The van der Waals surface area contributed by atoms with E-state index in [1.807, 2.05) is 12.1 Å². The Labute approximate surface area is 111 Å². The van der Waals surface area contributed by atoms with Crippen LogP contribution >= 0.6 is 0 Å². The van der Waals surface area contributed by atoms with E-state index >= 15 is 0 Å². The Hall–Kier alpha value is -1.95.